The van der Waals surface area contributed by atoms with Gasteiger partial charge in [0.25, 0.3) is 0 Å². The van der Waals surface area contributed by atoms with Gasteiger partial charge in [-0.2, -0.15) is 0 Å². The SMILES string of the molecule is COc1ccc(OC)c(C(N)C2CC3CCC2O3)c1. The van der Waals surface area contributed by atoms with Crippen molar-refractivity contribution in [2.24, 2.45) is 11.7 Å². The fraction of sp³-hybridized carbons (Fsp3) is 0.600. The Morgan fingerprint density at radius 2 is 2.11 bits per heavy atom. The van der Waals surface area contributed by atoms with Gasteiger partial charge in [-0.3, -0.25) is 0 Å². The van der Waals surface area contributed by atoms with Gasteiger partial charge in [-0.15, -0.1) is 0 Å². The van der Waals surface area contributed by atoms with Crippen LogP contribution in [0.5, 0.6) is 11.5 Å². The van der Waals surface area contributed by atoms with Gasteiger partial charge >= 0.3 is 0 Å². The molecule has 4 unspecified atom stereocenters. The number of rotatable bonds is 4. The molecule has 1 aromatic carbocycles. The van der Waals surface area contributed by atoms with Crippen molar-refractivity contribution in [1.82, 2.24) is 0 Å². The monoisotopic (exact) mass is 263 g/mol. The second kappa shape index (κ2) is 5.02. The summed E-state index contributed by atoms with van der Waals surface area (Å²) >= 11 is 0. The number of benzene rings is 1. The first-order valence-corrected chi connectivity index (χ1v) is 6.86. The molecule has 4 heteroatoms. The molecule has 0 aromatic heterocycles. The summed E-state index contributed by atoms with van der Waals surface area (Å²) in [5, 5.41) is 0. The Balaban J connectivity index is 1.87. The quantitative estimate of drug-likeness (QED) is 0.905. The van der Waals surface area contributed by atoms with E-state index in [0.29, 0.717) is 18.1 Å². The van der Waals surface area contributed by atoms with Crippen LogP contribution in [0.2, 0.25) is 0 Å². The van der Waals surface area contributed by atoms with Crippen molar-refractivity contribution in [3.63, 3.8) is 0 Å². The van der Waals surface area contributed by atoms with Gasteiger partial charge in [0.05, 0.1) is 26.4 Å². The Labute approximate surface area is 113 Å². The van der Waals surface area contributed by atoms with E-state index < -0.39 is 0 Å². The van der Waals surface area contributed by atoms with Crippen LogP contribution in [0.25, 0.3) is 0 Å². The van der Waals surface area contributed by atoms with Crippen LogP contribution >= 0.6 is 0 Å². The van der Waals surface area contributed by atoms with E-state index in [4.69, 9.17) is 19.9 Å². The maximum atomic E-state index is 6.47. The second-order valence-corrected chi connectivity index (χ2v) is 5.41. The average Bonchev–Trinajstić information content (AvgIpc) is 3.08. The van der Waals surface area contributed by atoms with E-state index in [1.807, 2.05) is 18.2 Å². The third-order valence-electron chi connectivity index (χ3n) is 4.41. The van der Waals surface area contributed by atoms with E-state index in [0.717, 1.165) is 29.9 Å². The van der Waals surface area contributed by atoms with Crippen molar-refractivity contribution in [2.45, 2.75) is 37.5 Å². The number of hydrogen-bond donors (Lipinski definition) is 1. The molecule has 1 aromatic rings. The first-order chi connectivity index (χ1) is 9.22. The van der Waals surface area contributed by atoms with Gasteiger partial charge < -0.3 is 19.9 Å². The molecule has 2 bridgehead atoms. The molecule has 2 fully saturated rings. The number of fused-ring (bicyclic) bond motifs is 2. The van der Waals surface area contributed by atoms with Crippen LogP contribution in [0.4, 0.5) is 0 Å². The minimum absolute atomic E-state index is 0.0552. The van der Waals surface area contributed by atoms with E-state index in [2.05, 4.69) is 0 Å². The lowest BCUT2D eigenvalue weighted by Gasteiger charge is -2.27. The molecule has 4 atom stereocenters. The predicted octanol–water partition coefficient (Wildman–Crippen LogP) is 2.27. The number of methoxy groups -OCH3 is 2. The third-order valence-corrected chi connectivity index (χ3v) is 4.41. The molecule has 0 saturated carbocycles. The summed E-state index contributed by atoms with van der Waals surface area (Å²) in [5.41, 5.74) is 7.49. The molecular formula is C15H21NO3. The zero-order chi connectivity index (χ0) is 13.4. The maximum Gasteiger partial charge on any atom is 0.123 e. The minimum Gasteiger partial charge on any atom is -0.497 e. The highest BCUT2D eigenvalue weighted by molar-refractivity contribution is 5.42. The summed E-state index contributed by atoms with van der Waals surface area (Å²) < 4.78 is 16.6. The second-order valence-electron chi connectivity index (χ2n) is 5.41. The van der Waals surface area contributed by atoms with Crippen LogP contribution in [0, 0.1) is 5.92 Å². The molecule has 3 rings (SSSR count). The number of nitrogens with two attached hydrogens (primary N) is 1. The molecule has 2 N–H and O–H groups in total. The molecule has 2 saturated heterocycles. The molecular weight excluding hydrogens is 242 g/mol. The van der Waals surface area contributed by atoms with Crippen molar-refractivity contribution in [3.05, 3.63) is 23.8 Å². The third kappa shape index (κ3) is 2.19. The van der Waals surface area contributed by atoms with Crippen LogP contribution in [0.3, 0.4) is 0 Å². The van der Waals surface area contributed by atoms with Gasteiger partial charge in [0.15, 0.2) is 0 Å². The molecule has 2 aliphatic heterocycles. The van der Waals surface area contributed by atoms with Crippen LogP contribution in [-0.2, 0) is 4.74 Å². The van der Waals surface area contributed by atoms with Gasteiger partial charge in [0, 0.05) is 17.5 Å². The van der Waals surface area contributed by atoms with Gasteiger partial charge in [-0.25, -0.2) is 0 Å². The van der Waals surface area contributed by atoms with E-state index in [9.17, 15) is 0 Å². The van der Waals surface area contributed by atoms with Crippen molar-refractivity contribution in [3.8, 4) is 11.5 Å². The Morgan fingerprint density at radius 1 is 1.26 bits per heavy atom. The Bertz CT molecular complexity index is 463. The Morgan fingerprint density at radius 3 is 2.68 bits per heavy atom. The van der Waals surface area contributed by atoms with E-state index in [-0.39, 0.29) is 6.04 Å². The van der Waals surface area contributed by atoms with E-state index in [1.165, 1.54) is 6.42 Å². The smallest absolute Gasteiger partial charge is 0.123 e. The fourth-order valence-electron chi connectivity index (χ4n) is 3.39. The zero-order valence-electron chi connectivity index (χ0n) is 11.5. The molecule has 4 nitrogen and oxygen atoms in total. The van der Waals surface area contributed by atoms with E-state index >= 15 is 0 Å². The Hall–Kier alpha value is -1.26. The summed E-state index contributed by atoms with van der Waals surface area (Å²) in [6.45, 7) is 0. The van der Waals surface area contributed by atoms with Crippen molar-refractivity contribution in [2.75, 3.05) is 14.2 Å². The average molecular weight is 263 g/mol. The van der Waals surface area contributed by atoms with Crippen molar-refractivity contribution in [1.29, 1.82) is 0 Å². The molecule has 0 amide bonds. The lowest BCUT2D eigenvalue weighted by molar-refractivity contribution is 0.0883. The van der Waals surface area contributed by atoms with Crippen LogP contribution in [0.1, 0.15) is 30.9 Å². The maximum absolute atomic E-state index is 6.47. The predicted molar refractivity (Wildman–Crippen MR) is 72.5 cm³/mol. The van der Waals surface area contributed by atoms with Gasteiger partial charge in [0.1, 0.15) is 11.5 Å². The van der Waals surface area contributed by atoms with Gasteiger partial charge in [-0.1, -0.05) is 0 Å². The first kappa shape index (κ1) is 12.8. The molecule has 0 aliphatic carbocycles. The molecule has 104 valence electrons. The summed E-state index contributed by atoms with van der Waals surface area (Å²) in [7, 11) is 3.34. The fourth-order valence-corrected chi connectivity index (χ4v) is 3.39. The Kier molecular flexibility index (Phi) is 3.37. The summed E-state index contributed by atoms with van der Waals surface area (Å²) in [4.78, 5) is 0. The highest BCUT2D eigenvalue weighted by atomic mass is 16.5. The van der Waals surface area contributed by atoms with Gasteiger partial charge in [0.2, 0.25) is 0 Å². The molecule has 2 heterocycles. The van der Waals surface area contributed by atoms with Crippen LogP contribution in [-0.4, -0.2) is 26.4 Å². The first-order valence-electron chi connectivity index (χ1n) is 6.86. The summed E-state index contributed by atoms with van der Waals surface area (Å²) in [6, 6.07) is 5.74. The highest BCUT2D eigenvalue weighted by Gasteiger charge is 2.44. The number of hydrogen-bond acceptors (Lipinski definition) is 4. The molecule has 0 spiro atoms. The number of ether oxygens (including phenoxy) is 3. The largest absolute Gasteiger partial charge is 0.497 e. The minimum atomic E-state index is -0.0552. The van der Waals surface area contributed by atoms with Crippen molar-refractivity contribution < 1.29 is 14.2 Å². The molecule has 2 aliphatic rings. The zero-order valence-corrected chi connectivity index (χ0v) is 11.5. The summed E-state index contributed by atoms with van der Waals surface area (Å²) in [6.07, 6.45) is 4.11. The topological polar surface area (TPSA) is 53.7 Å². The lowest BCUT2D eigenvalue weighted by atomic mass is 9.81. The van der Waals surface area contributed by atoms with Crippen LogP contribution < -0.4 is 15.2 Å². The van der Waals surface area contributed by atoms with E-state index in [1.54, 1.807) is 14.2 Å². The van der Waals surface area contributed by atoms with Gasteiger partial charge in [-0.05, 0) is 37.5 Å². The van der Waals surface area contributed by atoms with Crippen LogP contribution in [0.15, 0.2) is 18.2 Å². The standard InChI is InChI=1S/C15H21NO3/c1-17-9-3-5-13(18-2)11(7-9)15(16)12-8-10-4-6-14(12)19-10/h3,5,7,10,12,14-15H,4,6,8,16H2,1-2H3. The van der Waals surface area contributed by atoms with Crippen molar-refractivity contribution >= 4 is 0 Å². The summed E-state index contributed by atoms with van der Waals surface area (Å²) in [5.74, 6) is 2.03. The normalized spacial score (nSPS) is 30.4. The lowest BCUT2D eigenvalue weighted by Crippen LogP contribution is -2.29. The molecule has 0 radical (unpaired) electrons. The molecule has 19 heavy (non-hydrogen) atoms. The highest BCUT2D eigenvalue weighted by Crippen LogP contribution is 2.45.